The highest BCUT2D eigenvalue weighted by Gasteiger charge is 2.12. The van der Waals surface area contributed by atoms with Crippen LogP contribution in [0.15, 0.2) is 30.9 Å². The van der Waals surface area contributed by atoms with Crippen LogP contribution in [0.5, 0.6) is 0 Å². The number of anilines is 3. The molecule has 0 aliphatic heterocycles. The molecule has 0 radical (unpaired) electrons. The van der Waals surface area contributed by atoms with Gasteiger partial charge in [-0.05, 0) is 25.5 Å². The summed E-state index contributed by atoms with van der Waals surface area (Å²) in [6.45, 7) is 6.51. The molecule has 0 unspecified atom stereocenters. The van der Waals surface area contributed by atoms with Gasteiger partial charge in [0.2, 0.25) is 0 Å². The molecule has 0 saturated carbocycles. The van der Waals surface area contributed by atoms with Crippen molar-refractivity contribution in [3.8, 4) is 0 Å². The zero-order valence-electron chi connectivity index (χ0n) is 11.9. The van der Waals surface area contributed by atoms with Crippen LogP contribution in [0.3, 0.4) is 0 Å². The third-order valence-corrected chi connectivity index (χ3v) is 3.11. The minimum Gasteiger partial charge on any atom is -0.393 e. The zero-order chi connectivity index (χ0) is 14.4. The van der Waals surface area contributed by atoms with Gasteiger partial charge in [0.05, 0.1) is 0 Å². The molecule has 0 saturated heterocycles. The Hall–Kier alpha value is -2.37. The molecule has 6 heteroatoms. The van der Waals surface area contributed by atoms with Crippen LogP contribution in [0.2, 0.25) is 0 Å². The lowest BCUT2D eigenvalue weighted by Gasteiger charge is -2.22. The average Bonchev–Trinajstić information content (AvgIpc) is 2.50. The van der Waals surface area contributed by atoms with Crippen LogP contribution in [0.4, 0.5) is 17.3 Å². The predicted molar refractivity (Wildman–Crippen MR) is 81.6 cm³/mol. The summed E-state index contributed by atoms with van der Waals surface area (Å²) in [5, 5.41) is 3.23. The standard InChI is InChI=1S/C14H20N6/c1-3-20(4-2)14-12(15)13(18-10-19-14)17-9-11-6-5-7-16-8-11/h5-8,10H,3-4,9,15H2,1-2H3,(H,17,18,19). The molecule has 2 rings (SSSR count). The molecule has 106 valence electrons. The maximum absolute atomic E-state index is 6.15. The third-order valence-electron chi connectivity index (χ3n) is 3.11. The first-order valence-electron chi connectivity index (χ1n) is 6.74. The van der Waals surface area contributed by atoms with Crippen molar-refractivity contribution in [2.45, 2.75) is 20.4 Å². The van der Waals surface area contributed by atoms with Gasteiger partial charge in [0.1, 0.15) is 12.0 Å². The van der Waals surface area contributed by atoms with Gasteiger partial charge in [-0.2, -0.15) is 0 Å². The molecule has 2 aromatic heterocycles. The summed E-state index contributed by atoms with van der Waals surface area (Å²) < 4.78 is 0. The number of hydrogen-bond acceptors (Lipinski definition) is 6. The van der Waals surface area contributed by atoms with Crippen LogP contribution in [0.25, 0.3) is 0 Å². The lowest BCUT2D eigenvalue weighted by atomic mass is 10.3. The van der Waals surface area contributed by atoms with Crippen LogP contribution in [-0.4, -0.2) is 28.0 Å². The summed E-state index contributed by atoms with van der Waals surface area (Å²) in [7, 11) is 0. The van der Waals surface area contributed by atoms with Crippen LogP contribution in [0, 0.1) is 0 Å². The Morgan fingerprint density at radius 1 is 1.25 bits per heavy atom. The van der Waals surface area contributed by atoms with Gasteiger partial charge in [0, 0.05) is 32.0 Å². The molecule has 3 N–H and O–H groups in total. The summed E-state index contributed by atoms with van der Waals surface area (Å²) in [6.07, 6.45) is 5.10. The van der Waals surface area contributed by atoms with E-state index >= 15 is 0 Å². The van der Waals surface area contributed by atoms with E-state index < -0.39 is 0 Å². The lowest BCUT2D eigenvalue weighted by Crippen LogP contribution is -2.24. The van der Waals surface area contributed by atoms with Crippen molar-refractivity contribution in [3.63, 3.8) is 0 Å². The molecule has 20 heavy (non-hydrogen) atoms. The highest BCUT2D eigenvalue weighted by atomic mass is 15.2. The minimum absolute atomic E-state index is 0.583. The first-order valence-corrected chi connectivity index (χ1v) is 6.74. The molecule has 2 aromatic rings. The fourth-order valence-corrected chi connectivity index (χ4v) is 1.99. The summed E-state index contributed by atoms with van der Waals surface area (Å²) >= 11 is 0. The van der Waals surface area contributed by atoms with Crippen LogP contribution < -0.4 is 16.0 Å². The van der Waals surface area contributed by atoms with E-state index in [1.165, 1.54) is 6.33 Å². The van der Waals surface area contributed by atoms with Crippen molar-refractivity contribution < 1.29 is 0 Å². The second-order valence-corrected chi connectivity index (χ2v) is 4.35. The molecule has 0 aliphatic rings. The van der Waals surface area contributed by atoms with Gasteiger partial charge in [-0.1, -0.05) is 6.07 Å². The van der Waals surface area contributed by atoms with Crippen molar-refractivity contribution in [1.82, 2.24) is 15.0 Å². The quantitative estimate of drug-likeness (QED) is 0.836. The SMILES string of the molecule is CCN(CC)c1ncnc(NCc2cccnc2)c1N. The van der Waals surface area contributed by atoms with Crippen LogP contribution >= 0.6 is 0 Å². The highest BCUT2D eigenvalue weighted by Crippen LogP contribution is 2.25. The number of nitrogens with one attached hydrogen (secondary N) is 1. The Kier molecular flexibility index (Phi) is 4.70. The van der Waals surface area contributed by atoms with Crippen molar-refractivity contribution in [2.75, 3.05) is 29.0 Å². The second kappa shape index (κ2) is 6.70. The van der Waals surface area contributed by atoms with E-state index in [9.17, 15) is 0 Å². The van der Waals surface area contributed by atoms with E-state index in [1.54, 1.807) is 6.20 Å². The Morgan fingerprint density at radius 2 is 2.05 bits per heavy atom. The van der Waals surface area contributed by atoms with Crippen LogP contribution in [-0.2, 0) is 6.54 Å². The number of nitrogens with zero attached hydrogens (tertiary/aromatic N) is 4. The fraction of sp³-hybridized carbons (Fsp3) is 0.357. The number of pyridine rings is 1. The molecular weight excluding hydrogens is 252 g/mol. The maximum atomic E-state index is 6.15. The van der Waals surface area contributed by atoms with Gasteiger partial charge >= 0.3 is 0 Å². The molecule has 0 fully saturated rings. The summed E-state index contributed by atoms with van der Waals surface area (Å²) in [5.41, 5.74) is 7.82. The zero-order valence-corrected chi connectivity index (χ0v) is 11.9. The van der Waals surface area contributed by atoms with Gasteiger partial charge in [0.15, 0.2) is 11.6 Å². The molecule has 0 atom stereocenters. The monoisotopic (exact) mass is 272 g/mol. The Labute approximate surface area is 119 Å². The molecule has 0 amide bonds. The van der Waals surface area contributed by atoms with Gasteiger partial charge in [-0.15, -0.1) is 0 Å². The second-order valence-electron chi connectivity index (χ2n) is 4.35. The molecule has 0 bridgehead atoms. The van der Waals surface area contributed by atoms with Gasteiger partial charge < -0.3 is 16.0 Å². The third kappa shape index (κ3) is 3.14. The topological polar surface area (TPSA) is 80.0 Å². The maximum Gasteiger partial charge on any atom is 0.157 e. The number of hydrogen-bond donors (Lipinski definition) is 2. The summed E-state index contributed by atoms with van der Waals surface area (Å²) in [6, 6.07) is 3.91. The molecule has 6 nitrogen and oxygen atoms in total. The summed E-state index contributed by atoms with van der Waals surface area (Å²) in [4.78, 5) is 14.7. The first kappa shape index (κ1) is 14.0. The number of aromatic nitrogens is 3. The van der Waals surface area contributed by atoms with Crippen molar-refractivity contribution >= 4 is 17.3 Å². The van der Waals surface area contributed by atoms with Gasteiger partial charge in [-0.3, -0.25) is 4.98 Å². The smallest absolute Gasteiger partial charge is 0.157 e. The van der Waals surface area contributed by atoms with E-state index in [2.05, 4.69) is 39.0 Å². The van der Waals surface area contributed by atoms with Crippen molar-refractivity contribution in [3.05, 3.63) is 36.4 Å². The number of nitrogen functional groups attached to an aromatic ring is 1. The Balaban J connectivity index is 2.14. The highest BCUT2D eigenvalue weighted by molar-refractivity contribution is 5.74. The van der Waals surface area contributed by atoms with Gasteiger partial charge in [0.25, 0.3) is 0 Å². The molecule has 0 aliphatic carbocycles. The Morgan fingerprint density at radius 3 is 2.70 bits per heavy atom. The molecule has 2 heterocycles. The predicted octanol–water partition coefficient (Wildman–Crippen LogP) is 1.91. The first-order chi connectivity index (χ1) is 9.76. The van der Waals surface area contributed by atoms with E-state index in [0.717, 1.165) is 24.5 Å². The largest absolute Gasteiger partial charge is 0.393 e. The van der Waals surface area contributed by atoms with Crippen molar-refractivity contribution in [2.24, 2.45) is 0 Å². The van der Waals surface area contributed by atoms with Crippen molar-refractivity contribution in [1.29, 1.82) is 0 Å². The number of nitrogens with two attached hydrogens (primary N) is 1. The minimum atomic E-state index is 0.583. The van der Waals surface area contributed by atoms with Gasteiger partial charge in [-0.25, -0.2) is 9.97 Å². The lowest BCUT2D eigenvalue weighted by molar-refractivity contribution is 0.843. The molecule has 0 spiro atoms. The Bertz CT molecular complexity index is 539. The van der Waals surface area contributed by atoms with E-state index in [-0.39, 0.29) is 0 Å². The van der Waals surface area contributed by atoms with E-state index in [4.69, 9.17) is 5.73 Å². The molecule has 0 aromatic carbocycles. The normalized spacial score (nSPS) is 10.3. The van der Waals surface area contributed by atoms with E-state index in [0.29, 0.717) is 18.1 Å². The fourth-order valence-electron chi connectivity index (χ4n) is 1.99. The van der Waals surface area contributed by atoms with E-state index in [1.807, 2.05) is 18.3 Å². The summed E-state index contributed by atoms with van der Waals surface area (Å²) in [5.74, 6) is 1.43. The van der Waals surface area contributed by atoms with Crippen LogP contribution in [0.1, 0.15) is 19.4 Å². The molecular formula is C14H20N6. The average molecular weight is 272 g/mol. The number of rotatable bonds is 6.